The number of hydrogen-bond acceptors (Lipinski definition) is 11. The third kappa shape index (κ3) is 10.2. The number of hydrogen-bond donors (Lipinski definition) is 2. The van der Waals surface area contributed by atoms with Gasteiger partial charge in [-0.15, -0.1) is 0 Å². The summed E-state index contributed by atoms with van der Waals surface area (Å²) in [6, 6.07) is 20.5. The lowest BCUT2D eigenvalue weighted by Gasteiger charge is -2.45. The Morgan fingerprint density at radius 3 is 1.61 bits per heavy atom. The summed E-state index contributed by atoms with van der Waals surface area (Å²) in [7, 11) is -5.36. The smallest absolute Gasteiger partial charge is 0.330 e. The number of aromatic nitrogens is 4. The summed E-state index contributed by atoms with van der Waals surface area (Å²) in [5, 5.41) is 1.73. The lowest BCUT2D eigenvalue weighted by molar-refractivity contribution is -0.0467. The predicted molar refractivity (Wildman–Crippen MR) is 246 cm³/mol. The second-order valence-electron chi connectivity index (χ2n) is 18.8. The van der Waals surface area contributed by atoms with Crippen LogP contribution < -0.4 is 32.9 Å². The van der Waals surface area contributed by atoms with Crippen molar-refractivity contribution in [1.29, 1.82) is 0 Å². The first-order valence-electron chi connectivity index (χ1n) is 20.7. The number of benzene rings is 2. The molecule has 14 nitrogen and oxygen atoms in total. The highest BCUT2D eigenvalue weighted by Gasteiger charge is 2.54. The molecule has 0 radical (unpaired) electrons. The van der Waals surface area contributed by atoms with Crippen molar-refractivity contribution >= 4 is 45.3 Å². The Morgan fingerprint density at radius 2 is 1.16 bits per heavy atom. The van der Waals surface area contributed by atoms with Crippen LogP contribution in [0.25, 0.3) is 0 Å². The third-order valence-electron chi connectivity index (χ3n) is 12.2. The molecule has 18 heteroatoms. The Morgan fingerprint density at radius 1 is 0.721 bits per heavy atom. The van der Waals surface area contributed by atoms with E-state index in [-0.39, 0.29) is 36.1 Å². The number of nitrogens with one attached hydrogen (secondary N) is 2. The average molecular weight is 913 g/mol. The molecule has 4 heterocycles. The number of aryl methyl sites for hydroxylation is 2. The van der Waals surface area contributed by atoms with Crippen molar-refractivity contribution in [2.45, 2.75) is 128 Å². The number of aromatic amines is 2. The highest BCUT2D eigenvalue weighted by molar-refractivity contribution is 8.09. The van der Waals surface area contributed by atoms with Crippen LogP contribution >= 0.6 is 6.49 Å². The van der Waals surface area contributed by atoms with Gasteiger partial charge in [0.15, 0.2) is 14.8 Å². The minimum Gasteiger partial charge on any atom is -0.414 e. The average Bonchev–Trinajstić information content (AvgIpc) is 3.77. The minimum absolute atomic E-state index is 0.0229. The molecule has 2 aliphatic heterocycles. The molecule has 1 unspecified atom stereocenters. The second kappa shape index (κ2) is 18.0. The lowest BCUT2D eigenvalue weighted by Crippen LogP contribution is -2.68. The summed E-state index contributed by atoms with van der Waals surface area (Å²) in [6.07, 6.45) is -0.484. The van der Waals surface area contributed by atoms with Gasteiger partial charge in [0.25, 0.3) is 19.4 Å². The first-order chi connectivity index (χ1) is 28.4. The monoisotopic (exact) mass is 912 g/mol. The van der Waals surface area contributed by atoms with Crippen LogP contribution in [0.1, 0.15) is 78.0 Å². The van der Waals surface area contributed by atoms with E-state index in [0.717, 1.165) is 10.4 Å². The van der Waals surface area contributed by atoms with Gasteiger partial charge in [-0.25, -0.2) is 9.59 Å². The van der Waals surface area contributed by atoms with E-state index in [1.54, 1.807) is 20.5 Å². The molecular formula is C43H61N4O10PSSi2. The maximum absolute atomic E-state index is 13.3. The fourth-order valence-electron chi connectivity index (χ4n) is 7.79. The van der Waals surface area contributed by atoms with E-state index in [1.165, 1.54) is 21.5 Å². The highest BCUT2D eigenvalue weighted by Crippen LogP contribution is 2.51. The summed E-state index contributed by atoms with van der Waals surface area (Å²) >= 11 is 6.12. The summed E-state index contributed by atoms with van der Waals surface area (Å²) in [6.45, 7) is 19.5. The molecule has 2 aromatic carbocycles. The summed E-state index contributed by atoms with van der Waals surface area (Å²) in [5.41, 5.74) is -1.36. The number of ether oxygens (including phenoxy) is 2. The van der Waals surface area contributed by atoms with Gasteiger partial charge in [-0.3, -0.25) is 28.7 Å². The molecule has 4 aromatic rings. The Hall–Kier alpha value is -3.36. The molecule has 0 saturated carbocycles. The van der Waals surface area contributed by atoms with Crippen LogP contribution in [0.15, 0.2) is 92.2 Å². The van der Waals surface area contributed by atoms with E-state index in [9.17, 15) is 19.2 Å². The largest absolute Gasteiger partial charge is 0.414 e. The van der Waals surface area contributed by atoms with Gasteiger partial charge in [-0.1, -0.05) is 102 Å². The first-order valence-corrected chi connectivity index (χ1v) is 28.6. The van der Waals surface area contributed by atoms with E-state index in [4.69, 9.17) is 39.2 Å². The first kappa shape index (κ1) is 47.1. The predicted octanol–water partition coefficient (Wildman–Crippen LogP) is 5.59. The van der Waals surface area contributed by atoms with Crippen molar-refractivity contribution in [3.05, 3.63) is 126 Å². The van der Waals surface area contributed by atoms with Crippen LogP contribution in [0.4, 0.5) is 0 Å². The zero-order valence-electron chi connectivity index (χ0n) is 37.1. The van der Waals surface area contributed by atoms with Gasteiger partial charge in [0.05, 0.1) is 25.4 Å². The molecule has 0 spiro atoms. The zero-order chi connectivity index (χ0) is 44.7. The number of rotatable bonds is 14. The highest BCUT2D eigenvalue weighted by atomic mass is 32.5. The van der Waals surface area contributed by atoms with Crippen molar-refractivity contribution in [1.82, 2.24) is 19.1 Å². The Balaban J connectivity index is 1.31. The van der Waals surface area contributed by atoms with Gasteiger partial charge in [0.1, 0.15) is 24.7 Å². The molecule has 6 rings (SSSR count). The van der Waals surface area contributed by atoms with Crippen molar-refractivity contribution in [3.8, 4) is 0 Å². The zero-order valence-corrected chi connectivity index (χ0v) is 40.8. The van der Waals surface area contributed by atoms with Gasteiger partial charge in [-0.05, 0) is 59.2 Å². The number of nitrogens with zero attached hydrogens (tertiary/aromatic N) is 2. The van der Waals surface area contributed by atoms with Gasteiger partial charge in [0, 0.05) is 43.0 Å². The molecule has 61 heavy (non-hydrogen) atoms. The molecule has 2 fully saturated rings. The van der Waals surface area contributed by atoms with E-state index in [2.05, 4.69) is 88.9 Å². The molecule has 2 aromatic heterocycles. The van der Waals surface area contributed by atoms with E-state index in [0.29, 0.717) is 11.1 Å². The van der Waals surface area contributed by atoms with E-state index in [1.807, 2.05) is 36.4 Å². The molecule has 7 atom stereocenters. The Kier molecular flexibility index (Phi) is 13.9. The molecular weight excluding hydrogens is 852 g/mol. The number of H-pyrrole nitrogens is 2. The summed E-state index contributed by atoms with van der Waals surface area (Å²) in [4.78, 5) is 55.6. The SMILES string of the molecule is Cc1cn([C@H]2C[C@H](O[Si](c3ccccc3)(c3ccccc3)C(C)(C)C)[C@@H](COP(C)(=S)O[C@H]3C[C@H](n4cc(C)c(=O)[nH]c4=O)O[C@@H]3CO[Si](C)(C)C(C)(C)C)O2)c(=O)[nH]c1=O. The molecule has 2 N–H and O–H groups in total. The molecule has 0 bridgehead atoms. The van der Waals surface area contributed by atoms with Crippen molar-refractivity contribution < 1.29 is 27.4 Å². The maximum Gasteiger partial charge on any atom is 0.330 e. The summed E-state index contributed by atoms with van der Waals surface area (Å²) < 4.78 is 43.4. The topological polar surface area (TPSA) is 165 Å². The third-order valence-corrected chi connectivity index (χ3v) is 23.6. The van der Waals surface area contributed by atoms with Crippen LogP contribution in [0.3, 0.4) is 0 Å². The fraction of sp³-hybridized carbons (Fsp3) is 0.535. The Labute approximate surface area is 364 Å². The van der Waals surface area contributed by atoms with Gasteiger partial charge in [0.2, 0.25) is 0 Å². The molecule has 0 aliphatic carbocycles. The van der Waals surface area contributed by atoms with Gasteiger partial charge < -0.3 is 27.4 Å². The van der Waals surface area contributed by atoms with Crippen LogP contribution in [-0.2, 0) is 39.2 Å². The quantitative estimate of drug-likeness (QED) is 0.120. The van der Waals surface area contributed by atoms with Crippen molar-refractivity contribution in [2.24, 2.45) is 0 Å². The lowest BCUT2D eigenvalue weighted by atomic mass is 10.2. The molecule has 2 saturated heterocycles. The van der Waals surface area contributed by atoms with E-state index >= 15 is 0 Å². The Bertz CT molecular complexity index is 2420. The minimum atomic E-state index is -3.13. The van der Waals surface area contributed by atoms with Crippen molar-refractivity contribution in [2.75, 3.05) is 19.9 Å². The van der Waals surface area contributed by atoms with E-state index < -0.39 is 82.5 Å². The van der Waals surface area contributed by atoms with Crippen LogP contribution in [0.2, 0.25) is 23.2 Å². The molecule has 0 amide bonds. The van der Waals surface area contributed by atoms with Gasteiger partial charge >= 0.3 is 11.4 Å². The maximum atomic E-state index is 13.3. The fourth-order valence-corrected chi connectivity index (χ4v) is 15.2. The van der Waals surface area contributed by atoms with Crippen LogP contribution in [0, 0.1) is 13.8 Å². The normalized spacial score (nSPS) is 23.6. The van der Waals surface area contributed by atoms with Crippen LogP contribution in [0.5, 0.6) is 0 Å². The molecule has 332 valence electrons. The second-order valence-corrected chi connectivity index (χ2v) is 31.9. The van der Waals surface area contributed by atoms with Crippen molar-refractivity contribution in [3.63, 3.8) is 0 Å². The van der Waals surface area contributed by atoms with Crippen LogP contribution in [-0.4, -0.2) is 80.0 Å². The summed E-state index contributed by atoms with van der Waals surface area (Å²) in [5.74, 6) is 0. The standard InChI is InChI=1S/C43H61N4O10PSSi2/c1-28-24-46(40(50)44-38(28)48)36-22-32(35(55-36)27-53-60(10,11)42(3,4)5)56-58(9,59)52-26-34-33(23-37(54-34)47-25-29(2)39(49)45-41(47)51)57-61(43(6,7)8,30-18-14-12-15-19-30)31-20-16-13-17-21-31/h12-21,24-25,32-37H,22-23,26-27H2,1-11H3,(H,44,48,50)(H,45,49,51)/t32-,33-,34+,35+,36+,37+,58?/m0/s1. The van der Waals surface area contributed by atoms with Gasteiger partial charge in [-0.2, -0.15) is 0 Å². The molecule has 2 aliphatic rings.